The highest BCUT2D eigenvalue weighted by molar-refractivity contribution is 4.53. The van der Waals surface area contributed by atoms with Crippen LogP contribution in [0.2, 0.25) is 0 Å². The Hall–Kier alpha value is -0.120. The van der Waals surface area contributed by atoms with Crippen molar-refractivity contribution in [3.63, 3.8) is 0 Å². The fourth-order valence-electron chi connectivity index (χ4n) is 1.14. The summed E-state index contributed by atoms with van der Waals surface area (Å²) in [7, 11) is 0. The summed E-state index contributed by atoms with van der Waals surface area (Å²) in [6.07, 6.45) is 1.19. The van der Waals surface area contributed by atoms with Crippen LogP contribution in [0.3, 0.4) is 0 Å². The Morgan fingerprint density at radius 1 is 1.07 bits per heavy atom. The molecule has 0 aliphatic rings. The average Bonchev–Trinajstić information content (AvgIpc) is 2.15. The van der Waals surface area contributed by atoms with Crippen LogP contribution in [-0.2, 0) is 4.74 Å². The van der Waals surface area contributed by atoms with Crippen LogP contribution >= 0.6 is 0 Å². The van der Waals surface area contributed by atoms with Crippen molar-refractivity contribution in [2.24, 2.45) is 5.92 Å². The number of hydrogen-bond acceptors (Lipinski definition) is 3. The Kier molecular flexibility index (Phi) is 10.9. The van der Waals surface area contributed by atoms with Crippen molar-refractivity contribution < 1.29 is 4.74 Å². The first-order chi connectivity index (χ1) is 6.77. The molecule has 0 bridgehead atoms. The zero-order valence-electron chi connectivity index (χ0n) is 9.94. The molecule has 0 spiro atoms. The van der Waals surface area contributed by atoms with Gasteiger partial charge in [0.05, 0.1) is 6.61 Å². The average molecular weight is 202 g/mol. The predicted molar refractivity (Wildman–Crippen MR) is 61.7 cm³/mol. The molecule has 0 amide bonds. The van der Waals surface area contributed by atoms with E-state index in [1.54, 1.807) is 0 Å². The number of rotatable bonds is 10. The number of ether oxygens (including phenoxy) is 1. The summed E-state index contributed by atoms with van der Waals surface area (Å²) in [5, 5.41) is 6.76. The Bertz CT molecular complexity index is 107. The van der Waals surface area contributed by atoms with Crippen molar-refractivity contribution >= 4 is 0 Å². The molecule has 14 heavy (non-hydrogen) atoms. The van der Waals surface area contributed by atoms with Crippen LogP contribution in [0.5, 0.6) is 0 Å². The van der Waals surface area contributed by atoms with Crippen molar-refractivity contribution in [1.29, 1.82) is 0 Å². The van der Waals surface area contributed by atoms with Gasteiger partial charge >= 0.3 is 0 Å². The molecule has 2 N–H and O–H groups in total. The largest absolute Gasteiger partial charge is 0.380 e. The van der Waals surface area contributed by atoms with E-state index in [1.807, 2.05) is 6.92 Å². The summed E-state index contributed by atoms with van der Waals surface area (Å²) in [6, 6.07) is 0. The van der Waals surface area contributed by atoms with Crippen molar-refractivity contribution in [2.45, 2.75) is 27.2 Å². The molecular weight excluding hydrogens is 176 g/mol. The van der Waals surface area contributed by atoms with E-state index in [4.69, 9.17) is 4.74 Å². The summed E-state index contributed by atoms with van der Waals surface area (Å²) in [5.41, 5.74) is 0. The standard InChI is InChI=1S/C11H26N2O/c1-4-14-9-8-12-6-5-7-13-10-11(2)3/h11-13H,4-10H2,1-3H3. The molecule has 0 heterocycles. The monoisotopic (exact) mass is 202 g/mol. The lowest BCUT2D eigenvalue weighted by Crippen LogP contribution is -2.26. The molecule has 3 nitrogen and oxygen atoms in total. The van der Waals surface area contributed by atoms with E-state index < -0.39 is 0 Å². The maximum Gasteiger partial charge on any atom is 0.0590 e. The van der Waals surface area contributed by atoms with Crippen LogP contribution in [0.4, 0.5) is 0 Å². The van der Waals surface area contributed by atoms with Crippen LogP contribution < -0.4 is 10.6 Å². The second-order valence-electron chi connectivity index (χ2n) is 3.90. The van der Waals surface area contributed by atoms with E-state index in [2.05, 4.69) is 24.5 Å². The minimum absolute atomic E-state index is 0.751. The van der Waals surface area contributed by atoms with E-state index in [1.165, 1.54) is 6.42 Å². The molecule has 0 aliphatic carbocycles. The molecule has 0 aromatic rings. The fourth-order valence-corrected chi connectivity index (χ4v) is 1.14. The lowest BCUT2D eigenvalue weighted by atomic mass is 10.2. The lowest BCUT2D eigenvalue weighted by molar-refractivity contribution is 0.149. The molecule has 0 saturated carbocycles. The smallest absolute Gasteiger partial charge is 0.0590 e. The molecular formula is C11H26N2O. The first-order valence-electron chi connectivity index (χ1n) is 5.76. The predicted octanol–water partition coefficient (Wildman–Crippen LogP) is 1.25. The molecule has 0 unspecified atom stereocenters. The van der Waals surface area contributed by atoms with Crippen molar-refractivity contribution in [2.75, 3.05) is 39.4 Å². The molecule has 0 aromatic heterocycles. The molecule has 0 aliphatic heterocycles. The van der Waals surface area contributed by atoms with Crippen molar-refractivity contribution in [3.05, 3.63) is 0 Å². The van der Waals surface area contributed by atoms with Crippen LogP contribution in [0.25, 0.3) is 0 Å². The molecule has 86 valence electrons. The van der Waals surface area contributed by atoms with Gasteiger partial charge in [-0.1, -0.05) is 13.8 Å². The van der Waals surface area contributed by atoms with E-state index in [0.29, 0.717) is 0 Å². The lowest BCUT2D eigenvalue weighted by Gasteiger charge is -2.07. The normalized spacial score (nSPS) is 11.1. The van der Waals surface area contributed by atoms with Gasteiger partial charge in [-0.2, -0.15) is 0 Å². The Morgan fingerprint density at radius 3 is 2.43 bits per heavy atom. The van der Waals surface area contributed by atoms with Gasteiger partial charge < -0.3 is 15.4 Å². The van der Waals surface area contributed by atoms with Crippen LogP contribution in [0.1, 0.15) is 27.2 Å². The van der Waals surface area contributed by atoms with E-state index in [9.17, 15) is 0 Å². The van der Waals surface area contributed by atoms with Gasteiger partial charge in [-0.15, -0.1) is 0 Å². The van der Waals surface area contributed by atoms with Gasteiger partial charge in [0.15, 0.2) is 0 Å². The van der Waals surface area contributed by atoms with Crippen molar-refractivity contribution in [1.82, 2.24) is 10.6 Å². The van der Waals surface area contributed by atoms with Gasteiger partial charge in [0.2, 0.25) is 0 Å². The second-order valence-corrected chi connectivity index (χ2v) is 3.90. The third-order valence-electron chi connectivity index (χ3n) is 1.89. The molecule has 3 heteroatoms. The maximum absolute atomic E-state index is 5.21. The molecule has 0 rings (SSSR count). The summed E-state index contributed by atoms with van der Waals surface area (Å²) < 4.78 is 5.21. The summed E-state index contributed by atoms with van der Waals surface area (Å²) >= 11 is 0. The zero-order chi connectivity index (χ0) is 10.6. The van der Waals surface area contributed by atoms with Crippen LogP contribution in [0, 0.1) is 5.92 Å². The second kappa shape index (κ2) is 11.0. The van der Waals surface area contributed by atoms with Gasteiger partial charge in [0.1, 0.15) is 0 Å². The molecule has 0 atom stereocenters. The number of nitrogens with one attached hydrogen (secondary N) is 2. The molecule has 0 radical (unpaired) electrons. The highest BCUT2D eigenvalue weighted by atomic mass is 16.5. The quantitative estimate of drug-likeness (QED) is 0.523. The minimum Gasteiger partial charge on any atom is -0.380 e. The third-order valence-corrected chi connectivity index (χ3v) is 1.89. The van der Waals surface area contributed by atoms with Gasteiger partial charge in [-0.3, -0.25) is 0 Å². The Labute approximate surface area is 88.6 Å². The van der Waals surface area contributed by atoms with Gasteiger partial charge in [-0.05, 0) is 38.9 Å². The molecule has 0 aromatic carbocycles. The number of hydrogen-bond donors (Lipinski definition) is 2. The van der Waals surface area contributed by atoms with Gasteiger partial charge in [0.25, 0.3) is 0 Å². The Morgan fingerprint density at radius 2 is 1.79 bits per heavy atom. The van der Waals surface area contributed by atoms with E-state index in [0.717, 1.165) is 45.3 Å². The highest BCUT2D eigenvalue weighted by Crippen LogP contribution is 1.86. The summed E-state index contributed by atoms with van der Waals surface area (Å²) in [4.78, 5) is 0. The third kappa shape index (κ3) is 11.9. The summed E-state index contributed by atoms with van der Waals surface area (Å²) in [6.45, 7) is 12.4. The fraction of sp³-hybridized carbons (Fsp3) is 1.00. The van der Waals surface area contributed by atoms with Gasteiger partial charge in [0, 0.05) is 13.2 Å². The van der Waals surface area contributed by atoms with E-state index in [-0.39, 0.29) is 0 Å². The molecule has 0 fully saturated rings. The van der Waals surface area contributed by atoms with Crippen LogP contribution in [-0.4, -0.2) is 39.4 Å². The molecule has 0 saturated heterocycles. The highest BCUT2D eigenvalue weighted by Gasteiger charge is 1.92. The topological polar surface area (TPSA) is 33.3 Å². The van der Waals surface area contributed by atoms with Crippen LogP contribution in [0.15, 0.2) is 0 Å². The first-order valence-corrected chi connectivity index (χ1v) is 5.76. The SMILES string of the molecule is CCOCCNCCCNCC(C)C. The zero-order valence-corrected chi connectivity index (χ0v) is 9.94. The summed E-state index contributed by atoms with van der Waals surface area (Å²) in [5.74, 6) is 0.751. The Balaban J connectivity index is 2.85. The van der Waals surface area contributed by atoms with Gasteiger partial charge in [-0.25, -0.2) is 0 Å². The van der Waals surface area contributed by atoms with Crippen molar-refractivity contribution in [3.8, 4) is 0 Å². The van der Waals surface area contributed by atoms with E-state index >= 15 is 0 Å². The minimum atomic E-state index is 0.751. The maximum atomic E-state index is 5.21. The first kappa shape index (κ1) is 13.9.